The zero-order chi connectivity index (χ0) is 28.4. The van der Waals surface area contributed by atoms with Crippen molar-refractivity contribution in [2.45, 2.75) is 35.9 Å². The fourth-order valence-corrected chi connectivity index (χ4v) is 6.16. The number of nitrogens with zero attached hydrogens (tertiary/aromatic N) is 3. The molecule has 1 heterocycles. The number of halogens is 3. The van der Waals surface area contributed by atoms with E-state index in [0.29, 0.717) is 23.0 Å². The second-order valence-corrected chi connectivity index (χ2v) is 10.9. The van der Waals surface area contributed by atoms with E-state index in [9.17, 15) is 36.3 Å². The van der Waals surface area contributed by atoms with Crippen LogP contribution in [0.3, 0.4) is 0 Å². The van der Waals surface area contributed by atoms with Crippen LogP contribution in [0.1, 0.15) is 18.4 Å². The first-order valence-corrected chi connectivity index (χ1v) is 13.0. The second-order valence-electron chi connectivity index (χ2n) is 8.58. The summed E-state index contributed by atoms with van der Waals surface area (Å²) in [6, 6.07) is 12.9. The van der Waals surface area contributed by atoms with Gasteiger partial charge in [0, 0.05) is 13.0 Å². The molecule has 206 valence electrons. The number of hydrogen-bond donors (Lipinski definition) is 1. The second kappa shape index (κ2) is 10.6. The van der Waals surface area contributed by atoms with Crippen molar-refractivity contribution in [3.8, 4) is 5.75 Å². The normalized spacial score (nSPS) is 18.5. The lowest BCUT2D eigenvalue weighted by Gasteiger charge is -2.34. The van der Waals surface area contributed by atoms with Crippen molar-refractivity contribution in [1.82, 2.24) is 15.0 Å². The average molecular weight is 566 g/mol. The van der Waals surface area contributed by atoms with Crippen LogP contribution in [0.15, 0.2) is 71.6 Å². The fourth-order valence-electron chi connectivity index (χ4n) is 4.21. The highest BCUT2D eigenvalue weighted by Gasteiger charge is 2.55. The predicted molar refractivity (Wildman–Crippen MR) is 133 cm³/mol. The van der Waals surface area contributed by atoms with Gasteiger partial charge in [-0.25, -0.2) is 13.1 Å². The van der Waals surface area contributed by atoms with Gasteiger partial charge >= 0.3 is 12.3 Å². The van der Waals surface area contributed by atoms with E-state index in [2.05, 4.69) is 15.0 Å². The number of ether oxygens (including phenoxy) is 2. The minimum atomic E-state index is -5.40. The van der Waals surface area contributed by atoms with Crippen LogP contribution in [0.5, 0.6) is 5.75 Å². The summed E-state index contributed by atoms with van der Waals surface area (Å²) < 4.78 is 77.4. The van der Waals surface area contributed by atoms with Crippen molar-refractivity contribution >= 4 is 32.3 Å². The Balaban J connectivity index is 1.67. The molecule has 0 fully saturated rings. The van der Waals surface area contributed by atoms with Gasteiger partial charge in [-0.05, 0) is 41.8 Å². The number of rotatable bonds is 9. The smallest absolute Gasteiger partial charge is 0.497 e. The lowest BCUT2D eigenvalue weighted by atomic mass is 9.98. The summed E-state index contributed by atoms with van der Waals surface area (Å²) in [4.78, 5) is 21.9. The van der Waals surface area contributed by atoms with E-state index in [1.54, 1.807) is 36.4 Å². The van der Waals surface area contributed by atoms with Crippen LogP contribution >= 0.6 is 0 Å². The van der Waals surface area contributed by atoms with Crippen LogP contribution in [0, 0.1) is 0 Å². The van der Waals surface area contributed by atoms with Crippen LogP contribution in [-0.4, -0.2) is 58.1 Å². The highest BCUT2D eigenvalue weighted by atomic mass is 32.2. The van der Waals surface area contributed by atoms with Crippen molar-refractivity contribution in [3.05, 3.63) is 82.7 Å². The highest BCUT2D eigenvalue weighted by Crippen LogP contribution is 2.41. The van der Waals surface area contributed by atoms with E-state index < -0.39 is 57.3 Å². The van der Waals surface area contributed by atoms with Gasteiger partial charge in [0.15, 0.2) is 15.1 Å². The third kappa shape index (κ3) is 5.71. The number of sulfone groups is 1. The molecule has 1 aromatic heterocycles. The standard InChI is InChI=1S/C25H22F3N3O7S/c1-37-18-7-8-20-19(15-18)22(32)31(30-29-20)14-11-21(23(33)34)39(35,36)24(38-25(26,27)28)12-9-17(10-13-24)16-5-3-2-4-6-16/h2-10,12,15,21H,11,13-14H2,1H3,(H,33,34). The van der Waals surface area contributed by atoms with Crippen LogP contribution in [-0.2, 0) is 25.9 Å². The number of alkyl halides is 3. The Hall–Kier alpha value is -4.04. The summed E-state index contributed by atoms with van der Waals surface area (Å²) in [5, 5.41) is 15.0. The molecule has 3 aromatic rings. The molecule has 0 bridgehead atoms. The Morgan fingerprint density at radius 2 is 1.92 bits per heavy atom. The maximum Gasteiger partial charge on any atom is 0.524 e. The number of carbonyl (C=O) groups is 1. The Morgan fingerprint density at radius 1 is 1.21 bits per heavy atom. The predicted octanol–water partition coefficient (Wildman–Crippen LogP) is 3.33. The number of carboxylic acids is 1. The fraction of sp³-hybridized carbons (Fsp3) is 0.280. The first-order chi connectivity index (χ1) is 18.4. The molecule has 2 unspecified atom stereocenters. The van der Waals surface area contributed by atoms with Crippen molar-refractivity contribution < 1.29 is 41.0 Å². The average Bonchev–Trinajstić information content (AvgIpc) is 2.89. The number of methoxy groups -OCH3 is 1. The van der Waals surface area contributed by atoms with E-state index in [4.69, 9.17) is 4.74 Å². The molecule has 14 heteroatoms. The Morgan fingerprint density at radius 3 is 2.51 bits per heavy atom. The summed E-state index contributed by atoms with van der Waals surface area (Å²) in [5.41, 5.74) is 0.556. The third-order valence-electron chi connectivity index (χ3n) is 6.18. The summed E-state index contributed by atoms with van der Waals surface area (Å²) in [6.07, 6.45) is -3.89. The molecule has 1 aliphatic carbocycles. The number of hydrogen-bond acceptors (Lipinski definition) is 8. The number of aryl methyl sites for hydroxylation is 1. The van der Waals surface area contributed by atoms with Crippen molar-refractivity contribution in [3.63, 3.8) is 0 Å². The van der Waals surface area contributed by atoms with Gasteiger partial charge in [0.2, 0.25) is 4.93 Å². The summed E-state index contributed by atoms with van der Waals surface area (Å²) in [5.74, 6) is -1.57. The number of aromatic nitrogens is 3. The molecule has 0 saturated heterocycles. The quantitative estimate of drug-likeness (QED) is 0.414. The molecule has 0 amide bonds. The molecule has 1 aliphatic rings. The van der Waals surface area contributed by atoms with E-state index in [0.717, 1.165) is 10.8 Å². The number of fused-ring (bicyclic) bond motifs is 1. The van der Waals surface area contributed by atoms with E-state index >= 15 is 0 Å². The van der Waals surface area contributed by atoms with E-state index in [1.807, 2.05) is 0 Å². The number of aliphatic carboxylic acids is 1. The van der Waals surface area contributed by atoms with Crippen LogP contribution < -0.4 is 10.3 Å². The minimum Gasteiger partial charge on any atom is -0.497 e. The molecule has 0 saturated carbocycles. The van der Waals surface area contributed by atoms with Gasteiger partial charge in [-0.2, -0.15) is 0 Å². The molecule has 0 spiro atoms. The molecule has 0 radical (unpaired) electrons. The van der Waals surface area contributed by atoms with Gasteiger partial charge in [0.05, 0.1) is 12.5 Å². The van der Waals surface area contributed by atoms with Crippen molar-refractivity contribution in [2.75, 3.05) is 7.11 Å². The number of allylic oxidation sites excluding steroid dienone is 2. The Labute approximate surface area is 219 Å². The number of benzene rings is 2. The van der Waals surface area contributed by atoms with Gasteiger partial charge in [-0.15, -0.1) is 18.3 Å². The van der Waals surface area contributed by atoms with Crippen LogP contribution in [0.4, 0.5) is 13.2 Å². The number of carboxylic acid groups (broad SMARTS) is 1. The zero-order valence-corrected chi connectivity index (χ0v) is 21.1. The third-order valence-corrected chi connectivity index (χ3v) is 8.72. The van der Waals surface area contributed by atoms with Crippen molar-refractivity contribution in [1.29, 1.82) is 0 Å². The maximum absolute atomic E-state index is 13.5. The zero-order valence-electron chi connectivity index (χ0n) is 20.3. The van der Waals surface area contributed by atoms with E-state index in [1.165, 1.54) is 25.3 Å². The molecule has 10 nitrogen and oxygen atoms in total. The van der Waals surface area contributed by atoms with Gasteiger partial charge < -0.3 is 9.84 Å². The molecule has 4 rings (SSSR count). The Kier molecular flexibility index (Phi) is 7.61. The molecule has 2 aromatic carbocycles. The van der Waals surface area contributed by atoms with Crippen LogP contribution in [0.25, 0.3) is 16.5 Å². The molecule has 2 atom stereocenters. The van der Waals surface area contributed by atoms with Crippen molar-refractivity contribution in [2.24, 2.45) is 0 Å². The molecule has 39 heavy (non-hydrogen) atoms. The van der Waals surface area contributed by atoms with Crippen LogP contribution in [0.2, 0.25) is 0 Å². The molecular weight excluding hydrogens is 543 g/mol. The summed E-state index contributed by atoms with van der Waals surface area (Å²) in [6.45, 7) is -0.563. The maximum atomic E-state index is 13.5. The minimum absolute atomic E-state index is 0.0738. The SMILES string of the molecule is COc1ccc2nnn(CCC(C(=O)O)S(=O)(=O)C3(OC(F)(F)F)C=CC(c4ccccc4)=CC3)c(=O)c2c1. The monoisotopic (exact) mass is 565 g/mol. The largest absolute Gasteiger partial charge is 0.524 e. The van der Waals surface area contributed by atoms with Gasteiger partial charge in [-0.1, -0.05) is 47.7 Å². The topological polar surface area (TPSA) is 138 Å². The summed E-state index contributed by atoms with van der Waals surface area (Å²) >= 11 is 0. The lowest BCUT2D eigenvalue weighted by Crippen LogP contribution is -2.51. The molecular formula is C25H22F3N3O7S. The van der Waals surface area contributed by atoms with Gasteiger partial charge in [0.25, 0.3) is 5.56 Å². The van der Waals surface area contributed by atoms with E-state index in [-0.39, 0.29) is 10.9 Å². The van der Waals surface area contributed by atoms with Gasteiger partial charge in [0.1, 0.15) is 11.3 Å². The first-order valence-electron chi connectivity index (χ1n) is 11.5. The van der Waals surface area contributed by atoms with Gasteiger partial charge in [-0.3, -0.25) is 14.3 Å². The first kappa shape index (κ1) is 28.0. The molecule has 1 N–H and O–H groups in total. The lowest BCUT2D eigenvalue weighted by molar-refractivity contribution is -0.343. The Bertz CT molecular complexity index is 1620. The molecule has 0 aliphatic heterocycles. The highest BCUT2D eigenvalue weighted by molar-refractivity contribution is 7.94. The summed E-state index contributed by atoms with van der Waals surface area (Å²) in [7, 11) is -3.83.